The highest BCUT2D eigenvalue weighted by Gasteiger charge is 2.16. The van der Waals surface area contributed by atoms with Crippen LogP contribution in [0.4, 0.5) is 5.69 Å². The van der Waals surface area contributed by atoms with Crippen molar-refractivity contribution in [2.45, 2.75) is 6.54 Å². The van der Waals surface area contributed by atoms with Gasteiger partial charge in [0.15, 0.2) is 11.5 Å². The summed E-state index contributed by atoms with van der Waals surface area (Å²) in [6, 6.07) is 12.1. The van der Waals surface area contributed by atoms with Crippen molar-refractivity contribution in [1.29, 1.82) is 0 Å². The van der Waals surface area contributed by atoms with Crippen LogP contribution in [0.1, 0.15) is 5.56 Å². The molecule has 0 atom stereocenters. The molecule has 25 heavy (non-hydrogen) atoms. The zero-order chi connectivity index (χ0) is 17.4. The predicted octanol–water partition coefficient (Wildman–Crippen LogP) is 4.49. The fourth-order valence-electron chi connectivity index (χ4n) is 2.76. The molecule has 0 amide bonds. The first-order valence-corrected chi connectivity index (χ1v) is 7.96. The molecule has 6 nitrogen and oxygen atoms in total. The van der Waals surface area contributed by atoms with Crippen molar-refractivity contribution in [2.24, 2.45) is 0 Å². The molecule has 2 aromatic carbocycles. The van der Waals surface area contributed by atoms with Crippen LogP contribution < -0.4 is 9.47 Å². The first kappa shape index (κ1) is 15.5. The minimum absolute atomic E-state index is 0.0790. The molecule has 2 heterocycles. The first-order chi connectivity index (χ1) is 12.1. The molecule has 0 N–H and O–H groups in total. The maximum Gasteiger partial charge on any atom is 0.269 e. The average Bonchev–Trinajstić information content (AvgIpc) is 3.24. The summed E-state index contributed by atoms with van der Waals surface area (Å²) >= 11 is 6.32. The molecule has 1 aromatic heterocycles. The maximum absolute atomic E-state index is 10.7. The van der Waals surface area contributed by atoms with Crippen LogP contribution in [0, 0.1) is 10.1 Å². The van der Waals surface area contributed by atoms with Crippen molar-refractivity contribution < 1.29 is 14.4 Å². The number of benzene rings is 2. The van der Waals surface area contributed by atoms with Gasteiger partial charge in [0.05, 0.1) is 4.92 Å². The number of hydrogen-bond donors (Lipinski definition) is 0. The molecule has 0 bridgehead atoms. The highest BCUT2D eigenvalue weighted by Crippen LogP contribution is 2.37. The summed E-state index contributed by atoms with van der Waals surface area (Å²) in [5.74, 6) is 1.36. The van der Waals surface area contributed by atoms with Gasteiger partial charge >= 0.3 is 0 Å². The van der Waals surface area contributed by atoms with Crippen LogP contribution in [0.2, 0.25) is 5.02 Å². The average molecular weight is 357 g/mol. The lowest BCUT2D eigenvalue weighted by Crippen LogP contribution is -1.97. The minimum Gasteiger partial charge on any atom is -0.454 e. The number of halogens is 1. The molecule has 0 unspecified atom stereocenters. The normalized spacial score (nSPS) is 12.4. The molecule has 3 aromatic rings. The zero-order valence-corrected chi connectivity index (χ0v) is 13.8. The number of nitro benzene ring substituents is 1. The van der Waals surface area contributed by atoms with Crippen molar-refractivity contribution in [1.82, 2.24) is 4.57 Å². The van der Waals surface area contributed by atoms with Gasteiger partial charge in [-0.05, 0) is 41.0 Å². The third-order valence-corrected chi connectivity index (χ3v) is 4.41. The number of nitro groups is 1. The summed E-state index contributed by atoms with van der Waals surface area (Å²) in [4.78, 5) is 10.3. The van der Waals surface area contributed by atoms with Gasteiger partial charge in [0.2, 0.25) is 6.79 Å². The Morgan fingerprint density at radius 1 is 1.08 bits per heavy atom. The summed E-state index contributed by atoms with van der Waals surface area (Å²) < 4.78 is 12.7. The Morgan fingerprint density at radius 3 is 2.52 bits per heavy atom. The van der Waals surface area contributed by atoms with Gasteiger partial charge in [-0.15, -0.1) is 0 Å². The lowest BCUT2D eigenvalue weighted by Gasteiger charge is -2.07. The number of nitrogens with zero attached hydrogens (tertiary/aromatic N) is 2. The molecular formula is C18H13ClN2O4. The van der Waals surface area contributed by atoms with E-state index < -0.39 is 4.92 Å². The van der Waals surface area contributed by atoms with Gasteiger partial charge < -0.3 is 14.0 Å². The van der Waals surface area contributed by atoms with Gasteiger partial charge in [-0.1, -0.05) is 11.6 Å². The second-order valence-electron chi connectivity index (χ2n) is 5.67. The fourth-order valence-corrected chi connectivity index (χ4v) is 2.98. The van der Waals surface area contributed by atoms with Gasteiger partial charge in [0, 0.05) is 42.2 Å². The van der Waals surface area contributed by atoms with E-state index in [0.29, 0.717) is 23.1 Å². The van der Waals surface area contributed by atoms with Crippen molar-refractivity contribution in [3.05, 3.63) is 75.6 Å². The molecule has 0 fully saturated rings. The molecule has 126 valence electrons. The molecule has 1 aliphatic rings. The van der Waals surface area contributed by atoms with Gasteiger partial charge in [-0.25, -0.2) is 0 Å². The third kappa shape index (κ3) is 3.04. The van der Waals surface area contributed by atoms with Crippen molar-refractivity contribution in [2.75, 3.05) is 6.79 Å². The number of ether oxygens (including phenoxy) is 2. The molecule has 1 aliphatic heterocycles. The van der Waals surface area contributed by atoms with Crippen LogP contribution in [-0.2, 0) is 6.54 Å². The largest absolute Gasteiger partial charge is 0.454 e. The van der Waals surface area contributed by atoms with Crippen LogP contribution in [0.3, 0.4) is 0 Å². The lowest BCUT2D eigenvalue weighted by atomic mass is 10.1. The van der Waals surface area contributed by atoms with E-state index in [-0.39, 0.29) is 12.5 Å². The summed E-state index contributed by atoms with van der Waals surface area (Å²) in [5.41, 5.74) is 2.90. The Bertz CT molecular complexity index is 950. The van der Waals surface area contributed by atoms with Crippen molar-refractivity contribution >= 4 is 17.3 Å². The standard InChI is InChI=1S/C18H13ClN2O4/c19-16-8-18-17(24-11-25-18)7-14(16)10-20-6-5-13(9-20)12-1-3-15(4-2-12)21(22)23/h1-9H,10-11H2. The number of non-ortho nitro benzene ring substituents is 1. The van der Waals surface area contributed by atoms with Crippen molar-refractivity contribution in [3.63, 3.8) is 0 Å². The Kier molecular flexibility index (Phi) is 3.82. The molecule has 4 rings (SSSR count). The molecule has 0 spiro atoms. The Hall–Kier alpha value is -2.99. The summed E-state index contributed by atoms with van der Waals surface area (Å²) in [5, 5.41) is 11.4. The zero-order valence-electron chi connectivity index (χ0n) is 13.0. The molecular weight excluding hydrogens is 344 g/mol. The molecule has 0 radical (unpaired) electrons. The van der Waals surface area contributed by atoms with E-state index in [4.69, 9.17) is 21.1 Å². The third-order valence-electron chi connectivity index (χ3n) is 4.06. The molecule has 0 saturated heterocycles. The second-order valence-corrected chi connectivity index (χ2v) is 6.08. The molecule has 0 saturated carbocycles. The first-order valence-electron chi connectivity index (χ1n) is 7.59. The van der Waals surface area contributed by atoms with Crippen LogP contribution in [0.5, 0.6) is 11.5 Å². The van der Waals surface area contributed by atoms with Gasteiger partial charge in [0.25, 0.3) is 5.69 Å². The smallest absolute Gasteiger partial charge is 0.269 e. The van der Waals surface area contributed by atoms with E-state index in [1.54, 1.807) is 18.2 Å². The second kappa shape index (κ2) is 6.14. The van der Waals surface area contributed by atoms with Crippen LogP contribution in [0.15, 0.2) is 54.9 Å². The van der Waals surface area contributed by atoms with E-state index >= 15 is 0 Å². The number of fused-ring (bicyclic) bond motifs is 1. The lowest BCUT2D eigenvalue weighted by molar-refractivity contribution is -0.384. The Morgan fingerprint density at radius 2 is 1.80 bits per heavy atom. The van der Waals surface area contributed by atoms with Gasteiger partial charge in [0.1, 0.15) is 0 Å². The Balaban J connectivity index is 1.56. The van der Waals surface area contributed by atoms with Crippen LogP contribution >= 0.6 is 11.6 Å². The van der Waals surface area contributed by atoms with Crippen LogP contribution in [0.25, 0.3) is 11.1 Å². The van der Waals surface area contributed by atoms with E-state index in [9.17, 15) is 10.1 Å². The number of rotatable bonds is 4. The van der Waals surface area contributed by atoms with Crippen LogP contribution in [-0.4, -0.2) is 16.3 Å². The van der Waals surface area contributed by atoms with E-state index in [0.717, 1.165) is 16.7 Å². The quantitative estimate of drug-likeness (QED) is 0.510. The summed E-state index contributed by atoms with van der Waals surface area (Å²) in [7, 11) is 0. The number of aromatic nitrogens is 1. The van der Waals surface area contributed by atoms with Crippen molar-refractivity contribution in [3.8, 4) is 22.6 Å². The topological polar surface area (TPSA) is 66.5 Å². The summed E-state index contributed by atoms with van der Waals surface area (Å²) in [6.07, 6.45) is 3.92. The van der Waals surface area contributed by atoms with Gasteiger partial charge in [-0.3, -0.25) is 10.1 Å². The van der Waals surface area contributed by atoms with E-state index in [1.807, 2.05) is 29.1 Å². The van der Waals surface area contributed by atoms with E-state index in [1.165, 1.54) is 12.1 Å². The minimum atomic E-state index is -0.406. The Labute approximate surface area is 148 Å². The SMILES string of the molecule is O=[N+]([O-])c1ccc(-c2ccn(Cc3cc4c(cc3Cl)OCO4)c2)cc1. The van der Waals surface area contributed by atoms with E-state index in [2.05, 4.69) is 0 Å². The monoisotopic (exact) mass is 356 g/mol. The maximum atomic E-state index is 10.7. The molecule has 7 heteroatoms. The highest BCUT2D eigenvalue weighted by molar-refractivity contribution is 6.31. The number of hydrogen-bond acceptors (Lipinski definition) is 4. The highest BCUT2D eigenvalue weighted by atomic mass is 35.5. The predicted molar refractivity (Wildman–Crippen MR) is 93.2 cm³/mol. The summed E-state index contributed by atoms with van der Waals surface area (Å²) in [6.45, 7) is 0.797. The van der Waals surface area contributed by atoms with Gasteiger partial charge in [-0.2, -0.15) is 0 Å². The fraction of sp³-hybridized carbons (Fsp3) is 0.111. The molecule has 0 aliphatic carbocycles.